The Morgan fingerprint density at radius 3 is 2.73 bits per heavy atom. The lowest BCUT2D eigenvalue weighted by Gasteiger charge is -2.10. The maximum Gasteiger partial charge on any atom is 0.307 e. The van der Waals surface area contributed by atoms with Gasteiger partial charge in [-0.05, 0) is 40.6 Å². The Hall–Kier alpha value is -0.790. The molecule has 15 heavy (non-hydrogen) atoms. The number of carboxylic acid groups (broad SMARTS) is 1. The van der Waals surface area contributed by atoms with Gasteiger partial charge in [0, 0.05) is 11.8 Å². The first-order chi connectivity index (χ1) is 6.93. The van der Waals surface area contributed by atoms with Crippen LogP contribution in [0.4, 0.5) is 8.78 Å². The minimum Gasteiger partial charge on any atom is -0.481 e. The molecule has 1 N–H and O–H groups in total. The van der Waals surface area contributed by atoms with Gasteiger partial charge in [0.1, 0.15) is 3.70 Å². The number of aromatic nitrogens is 1. The quantitative estimate of drug-likeness (QED) is 0.686. The fourth-order valence-corrected chi connectivity index (χ4v) is 1.94. The predicted octanol–water partition coefficient (Wildman–Crippen LogP) is 2.56. The van der Waals surface area contributed by atoms with Gasteiger partial charge in [-0.25, -0.2) is 13.8 Å². The maximum absolute atomic E-state index is 12.5. The number of hydrogen-bond donors (Lipinski definition) is 1. The average molecular weight is 327 g/mol. The largest absolute Gasteiger partial charge is 0.481 e. The van der Waals surface area contributed by atoms with Crippen LogP contribution in [0.1, 0.15) is 23.1 Å². The van der Waals surface area contributed by atoms with Gasteiger partial charge in [-0.1, -0.05) is 0 Å². The zero-order valence-electron chi connectivity index (χ0n) is 7.80. The van der Waals surface area contributed by atoms with Crippen molar-refractivity contribution in [3.63, 3.8) is 0 Å². The Kier molecular flexibility index (Phi) is 3.95. The van der Waals surface area contributed by atoms with Gasteiger partial charge in [-0.15, -0.1) is 0 Å². The maximum atomic E-state index is 12.5. The van der Waals surface area contributed by atoms with E-state index < -0.39 is 12.4 Å². The first-order valence-electron chi connectivity index (χ1n) is 4.07. The van der Waals surface area contributed by atoms with Crippen molar-refractivity contribution in [1.82, 2.24) is 4.98 Å². The molecule has 0 radical (unpaired) electrons. The highest BCUT2D eigenvalue weighted by atomic mass is 127. The predicted molar refractivity (Wildman–Crippen MR) is 58.0 cm³/mol. The molecule has 82 valence electrons. The van der Waals surface area contributed by atoms with E-state index in [1.54, 1.807) is 0 Å². The van der Waals surface area contributed by atoms with Gasteiger partial charge in [0.2, 0.25) is 0 Å². The molecule has 6 heteroatoms. The van der Waals surface area contributed by atoms with Gasteiger partial charge in [0.15, 0.2) is 0 Å². The third kappa shape index (κ3) is 2.83. The summed E-state index contributed by atoms with van der Waals surface area (Å²) in [5.74, 6) is -1.05. The van der Waals surface area contributed by atoms with Crippen molar-refractivity contribution in [3.05, 3.63) is 26.6 Å². The normalized spacial score (nSPS) is 10.7. The van der Waals surface area contributed by atoms with Gasteiger partial charge in [-0.3, -0.25) is 4.79 Å². The molecule has 0 saturated heterocycles. The third-order valence-corrected chi connectivity index (χ3v) is 2.94. The van der Waals surface area contributed by atoms with E-state index >= 15 is 0 Å². The van der Waals surface area contributed by atoms with E-state index in [4.69, 9.17) is 5.11 Å². The summed E-state index contributed by atoms with van der Waals surface area (Å²) in [5.41, 5.74) is 0.472. The molecular formula is C9H8F2INO2. The Balaban J connectivity index is 3.23. The first kappa shape index (κ1) is 12.3. The van der Waals surface area contributed by atoms with E-state index in [9.17, 15) is 13.6 Å². The highest BCUT2D eigenvalue weighted by Crippen LogP contribution is 2.26. The highest BCUT2D eigenvalue weighted by molar-refractivity contribution is 14.1. The van der Waals surface area contributed by atoms with Crippen LogP contribution in [0.5, 0.6) is 0 Å². The molecule has 0 aliphatic heterocycles. The molecule has 0 fully saturated rings. The van der Waals surface area contributed by atoms with E-state index in [2.05, 4.69) is 4.98 Å². The number of carbonyl (C=O) groups is 1. The van der Waals surface area contributed by atoms with Crippen molar-refractivity contribution in [2.75, 3.05) is 0 Å². The molecule has 0 aromatic carbocycles. The molecule has 0 unspecified atom stereocenters. The number of rotatable bonds is 3. The van der Waals surface area contributed by atoms with Crippen molar-refractivity contribution in [3.8, 4) is 0 Å². The number of pyridine rings is 1. The van der Waals surface area contributed by atoms with Gasteiger partial charge in [0.25, 0.3) is 6.43 Å². The molecule has 1 rings (SSSR count). The highest BCUT2D eigenvalue weighted by Gasteiger charge is 2.17. The van der Waals surface area contributed by atoms with E-state index in [1.165, 1.54) is 6.92 Å². The van der Waals surface area contributed by atoms with Crippen LogP contribution in [0.15, 0.2) is 6.20 Å². The van der Waals surface area contributed by atoms with Gasteiger partial charge in [-0.2, -0.15) is 0 Å². The second kappa shape index (κ2) is 4.82. The van der Waals surface area contributed by atoms with Crippen LogP contribution < -0.4 is 0 Å². The van der Waals surface area contributed by atoms with Crippen molar-refractivity contribution in [2.45, 2.75) is 19.8 Å². The van der Waals surface area contributed by atoms with Crippen LogP contribution in [0.25, 0.3) is 0 Å². The van der Waals surface area contributed by atoms with Crippen LogP contribution in [-0.2, 0) is 11.2 Å². The summed E-state index contributed by atoms with van der Waals surface area (Å²) in [6, 6.07) is 0. The standard InChI is InChI=1S/C9H8F2INO2/c1-4-5(2-7(14)15)9(12)13-3-6(4)8(10)11/h3,8H,2H2,1H3,(H,14,15). The van der Waals surface area contributed by atoms with Gasteiger partial charge < -0.3 is 5.11 Å². The minimum absolute atomic E-state index is 0.202. The average Bonchev–Trinajstić information content (AvgIpc) is 2.11. The fourth-order valence-electron chi connectivity index (χ4n) is 1.21. The Morgan fingerprint density at radius 1 is 1.67 bits per heavy atom. The second-order valence-electron chi connectivity index (χ2n) is 2.98. The molecular weight excluding hydrogens is 319 g/mol. The number of halogens is 3. The summed E-state index contributed by atoms with van der Waals surface area (Å²) in [7, 11) is 0. The van der Waals surface area contributed by atoms with E-state index in [1.807, 2.05) is 22.6 Å². The molecule has 0 atom stereocenters. The Labute approximate surface area is 98.7 Å². The number of hydrogen-bond acceptors (Lipinski definition) is 2. The van der Waals surface area contributed by atoms with Crippen molar-refractivity contribution < 1.29 is 18.7 Å². The molecule has 3 nitrogen and oxygen atoms in total. The lowest BCUT2D eigenvalue weighted by atomic mass is 10.0. The fraction of sp³-hybridized carbons (Fsp3) is 0.333. The Bertz CT molecular complexity index is 396. The molecule has 0 aliphatic carbocycles. The first-order valence-corrected chi connectivity index (χ1v) is 5.15. The summed E-state index contributed by atoms with van der Waals surface area (Å²) in [5, 5.41) is 8.63. The van der Waals surface area contributed by atoms with Crippen LogP contribution in [0.2, 0.25) is 0 Å². The van der Waals surface area contributed by atoms with Crippen LogP contribution in [0, 0.1) is 10.6 Å². The third-order valence-electron chi connectivity index (χ3n) is 2.01. The number of aliphatic carboxylic acids is 1. The van der Waals surface area contributed by atoms with Gasteiger partial charge >= 0.3 is 5.97 Å². The zero-order chi connectivity index (χ0) is 11.6. The number of carboxylic acids is 1. The topological polar surface area (TPSA) is 50.2 Å². The summed E-state index contributed by atoms with van der Waals surface area (Å²) in [6.07, 6.45) is -1.81. The molecule has 1 aromatic heterocycles. The smallest absolute Gasteiger partial charge is 0.307 e. The summed E-state index contributed by atoms with van der Waals surface area (Å²) in [6.45, 7) is 1.49. The SMILES string of the molecule is Cc1c(C(F)F)cnc(I)c1CC(=O)O. The van der Waals surface area contributed by atoms with Crippen LogP contribution in [0.3, 0.4) is 0 Å². The number of nitrogens with zero attached hydrogens (tertiary/aromatic N) is 1. The monoisotopic (exact) mass is 327 g/mol. The molecule has 0 aliphatic rings. The molecule has 1 aromatic rings. The molecule has 0 bridgehead atoms. The molecule has 0 amide bonds. The van der Waals surface area contributed by atoms with Gasteiger partial charge in [0.05, 0.1) is 6.42 Å². The van der Waals surface area contributed by atoms with Crippen LogP contribution in [-0.4, -0.2) is 16.1 Å². The van der Waals surface area contributed by atoms with E-state index in [-0.39, 0.29) is 12.0 Å². The van der Waals surface area contributed by atoms with Crippen molar-refractivity contribution in [2.24, 2.45) is 0 Å². The zero-order valence-corrected chi connectivity index (χ0v) is 9.96. The lowest BCUT2D eigenvalue weighted by molar-refractivity contribution is -0.136. The van der Waals surface area contributed by atoms with E-state index in [0.717, 1.165) is 6.20 Å². The molecule has 0 saturated carbocycles. The minimum atomic E-state index is -2.62. The van der Waals surface area contributed by atoms with E-state index in [0.29, 0.717) is 14.8 Å². The Morgan fingerprint density at radius 2 is 2.27 bits per heavy atom. The summed E-state index contributed by atoms with van der Waals surface area (Å²) < 4.78 is 25.4. The second-order valence-corrected chi connectivity index (χ2v) is 4.00. The molecule has 1 heterocycles. The van der Waals surface area contributed by atoms with Crippen molar-refractivity contribution in [1.29, 1.82) is 0 Å². The summed E-state index contributed by atoms with van der Waals surface area (Å²) >= 11 is 1.84. The molecule has 0 spiro atoms. The van der Waals surface area contributed by atoms with Crippen molar-refractivity contribution >= 4 is 28.6 Å². The van der Waals surface area contributed by atoms with Crippen LogP contribution >= 0.6 is 22.6 Å². The lowest BCUT2D eigenvalue weighted by Crippen LogP contribution is -2.08. The summed E-state index contributed by atoms with van der Waals surface area (Å²) in [4.78, 5) is 14.3. The number of alkyl halides is 2.